The van der Waals surface area contributed by atoms with E-state index >= 15 is 0 Å². The third-order valence-corrected chi connectivity index (χ3v) is 3.58. The van der Waals surface area contributed by atoms with Crippen LogP contribution in [0.4, 0.5) is 5.69 Å². The first kappa shape index (κ1) is 13.4. The Labute approximate surface area is 124 Å². The second-order valence-corrected chi connectivity index (χ2v) is 5.29. The number of para-hydroxylation sites is 1. The van der Waals surface area contributed by atoms with E-state index in [1.54, 1.807) is 4.74 Å². The quantitative estimate of drug-likeness (QED) is 0.684. The Hall–Kier alpha value is -2.55. The van der Waals surface area contributed by atoms with E-state index in [-0.39, 0.29) is 0 Å². The smallest absolute Gasteiger partial charge is 0.262 e. The van der Waals surface area contributed by atoms with Gasteiger partial charge in [-0.05, 0) is 34.6 Å². The summed E-state index contributed by atoms with van der Waals surface area (Å²) in [4.78, 5) is 2.09. The summed E-state index contributed by atoms with van der Waals surface area (Å²) in [5.74, 6) is 0.879. The molecule has 3 nitrogen and oxygen atoms in total. The van der Waals surface area contributed by atoms with Gasteiger partial charge in [-0.15, -0.1) is 0 Å². The predicted molar refractivity (Wildman–Crippen MR) is 87.1 cm³/mol. The van der Waals surface area contributed by atoms with Crippen LogP contribution < -0.4 is 9.64 Å². The first-order valence-corrected chi connectivity index (χ1v) is 6.98. The molecule has 0 fully saturated rings. The molecule has 0 saturated carbocycles. The standard InChI is InChI=1S/C18H19N2O/c1-19(2)15-11-8-14(9-12-15)10-13-18-16-6-4-5-7-17(16)20(3)21-18/h4-13H,1-3H3/q+1. The molecule has 3 heteroatoms. The van der Waals surface area contributed by atoms with Crippen molar-refractivity contribution in [1.29, 1.82) is 0 Å². The van der Waals surface area contributed by atoms with Gasteiger partial charge in [-0.25, -0.2) is 4.52 Å². The fraction of sp³-hybridized carbons (Fsp3) is 0.167. The molecule has 0 atom stereocenters. The van der Waals surface area contributed by atoms with Gasteiger partial charge >= 0.3 is 0 Å². The van der Waals surface area contributed by atoms with Gasteiger partial charge in [-0.3, -0.25) is 0 Å². The fourth-order valence-corrected chi connectivity index (χ4v) is 2.38. The SMILES string of the molecule is CN(C)c1ccc(/C=C/c2o[n+](C)c3ccccc23)cc1. The van der Waals surface area contributed by atoms with Gasteiger partial charge in [0.2, 0.25) is 5.76 Å². The molecule has 0 aliphatic heterocycles. The van der Waals surface area contributed by atoms with Gasteiger partial charge in [0.05, 0.1) is 0 Å². The maximum absolute atomic E-state index is 5.77. The first-order chi connectivity index (χ1) is 10.1. The van der Waals surface area contributed by atoms with Crippen molar-refractivity contribution in [3.8, 4) is 0 Å². The van der Waals surface area contributed by atoms with Crippen LogP contribution in [-0.4, -0.2) is 14.1 Å². The van der Waals surface area contributed by atoms with Crippen LogP contribution in [0.5, 0.6) is 0 Å². The summed E-state index contributed by atoms with van der Waals surface area (Å²) in [6.07, 6.45) is 4.09. The van der Waals surface area contributed by atoms with Crippen LogP contribution in [0.1, 0.15) is 11.3 Å². The zero-order valence-electron chi connectivity index (χ0n) is 12.6. The topological polar surface area (TPSA) is 20.3 Å². The van der Waals surface area contributed by atoms with E-state index in [0.29, 0.717) is 0 Å². The van der Waals surface area contributed by atoms with Gasteiger partial charge < -0.3 is 4.90 Å². The number of anilines is 1. The molecule has 106 valence electrons. The highest BCUT2D eigenvalue weighted by Gasteiger charge is 2.14. The molecule has 2 aromatic carbocycles. The maximum Gasteiger partial charge on any atom is 0.262 e. The van der Waals surface area contributed by atoms with Gasteiger partial charge in [0.1, 0.15) is 5.39 Å². The second kappa shape index (κ2) is 5.44. The average Bonchev–Trinajstić information content (AvgIpc) is 2.83. The van der Waals surface area contributed by atoms with Gasteiger partial charge in [0, 0.05) is 25.8 Å². The Morgan fingerprint density at radius 1 is 0.952 bits per heavy atom. The van der Waals surface area contributed by atoms with E-state index in [9.17, 15) is 0 Å². The highest BCUT2D eigenvalue weighted by atomic mass is 16.5. The van der Waals surface area contributed by atoms with Crippen molar-refractivity contribution in [3.63, 3.8) is 0 Å². The van der Waals surface area contributed by atoms with E-state index in [1.165, 1.54) is 5.69 Å². The molecular weight excluding hydrogens is 260 g/mol. The van der Waals surface area contributed by atoms with Crippen LogP contribution in [0.2, 0.25) is 0 Å². The summed E-state index contributed by atoms with van der Waals surface area (Å²) < 4.78 is 7.57. The molecule has 21 heavy (non-hydrogen) atoms. The van der Waals surface area contributed by atoms with Crippen molar-refractivity contribution < 1.29 is 9.26 Å². The molecule has 1 aromatic heterocycles. The summed E-state index contributed by atoms with van der Waals surface area (Å²) in [6.45, 7) is 0. The van der Waals surface area contributed by atoms with Crippen LogP contribution >= 0.6 is 0 Å². The van der Waals surface area contributed by atoms with Crippen molar-refractivity contribution in [2.75, 3.05) is 19.0 Å². The Morgan fingerprint density at radius 2 is 1.67 bits per heavy atom. The zero-order valence-corrected chi connectivity index (χ0v) is 12.6. The monoisotopic (exact) mass is 279 g/mol. The number of hydrogen-bond donors (Lipinski definition) is 0. The number of aromatic nitrogens is 1. The van der Waals surface area contributed by atoms with Crippen LogP contribution in [0.3, 0.4) is 0 Å². The van der Waals surface area contributed by atoms with Crippen LogP contribution in [0, 0.1) is 0 Å². The van der Waals surface area contributed by atoms with Crippen molar-refractivity contribution in [1.82, 2.24) is 0 Å². The molecule has 0 radical (unpaired) electrons. The molecule has 0 amide bonds. The van der Waals surface area contributed by atoms with Crippen molar-refractivity contribution in [2.45, 2.75) is 0 Å². The molecule has 0 bridgehead atoms. The first-order valence-electron chi connectivity index (χ1n) is 6.98. The average molecular weight is 279 g/mol. The largest absolute Gasteiger partial charge is 0.378 e. The molecule has 0 unspecified atom stereocenters. The number of fused-ring (bicyclic) bond motifs is 1. The van der Waals surface area contributed by atoms with Gasteiger partial charge in [-0.2, -0.15) is 0 Å². The summed E-state index contributed by atoms with van der Waals surface area (Å²) in [7, 11) is 6.01. The number of rotatable bonds is 3. The maximum atomic E-state index is 5.77. The molecule has 0 N–H and O–H groups in total. The van der Waals surface area contributed by atoms with E-state index in [0.717, 1.165) is 22.2 Å². The molecule has 3 aromatic rings. The Bertz CT molecular complexity index is 783. The van der Waals surface area contributed by atoms with E-state index in [4.69, 9.17) is 4.52 Å². The molecule has 0 aliphatic rings. The minimum atomic E-state index is 0.879. The molecular formula is C18H19N2O+. The van der Waals surface area contributed by atoms with E-state index < -0.39 is 0 Å². The van der Waals surface area contributed by atoms with Crippen molar-refractivity contribution >= 4 is 28.7 Å². The van der Waals surface area contributed by atoms with Crippen LogP contribution in [-0.2, 0) is 7.05 Å². The van der Waals surface area contributed by atoms with E-state index in [1.807, 2.05) is 39.4 Å². The third-order valence-electron chi connectivity index (χ3n) is 3.58. The second-order valence-electron chi connectivity index (χ2n) is 5.29. The van der Waals surface area contributed by atoms with Gasteiger partial charge in [-0.1, -0.05) is 30.3 Å². The van der Waals surface area contributed by atoms with E-state index in [2.05, 4.69) is 47.4 Å². The highest BCUT2D eigenvalue weighted by Crippen LogP contribution is 2.19. The molecule has 0 aliphatic carbocycles. The summed E-state index contributed by atoms with van der Waals surface area (Å²) >= 11 is 0. The Balaban J connectivity index is 1.91. The normalized spacial score (nSPS) is 11.4. The lowest BCUT2D eigenvalue weighted by atomic mass is 10.1. The molecule has 0 saturated heterocycles. The number of benzene rings is 2. The highest BCUT2D eigenvalue weighted by molar-refractivity contribution is 5.86. The summed E-state index contributed by atoms with van der Waals surface area (Å²) in [6, 6.07) is 16.6. The summed E-state index contributed by atoms with van der Waals surface area (Å²) in [5, 5.41) is 1.13. The van der Waals surface area contributed by atoms with Crippen molar-refractivity contribution in [3.05, 3.63) is 59.9 Å². The lowest BCUT2D eigenvalue weighted by molar-refractivity contribution is -0.825. The molecule has 1 heterocycles. The molecule has 0 spiro atoms. The minimum Gasteiger partial charge on any atom is -0.378 e. The molecule has 3 rings (SSSR count). The Morgan fingerprint density at radius 3 is 2.38 bits per heavy atom. The Kier molecular flexibility index (Phi) is 3.48. The van der Waals surface area contributed by atoms with Crippen molar-refractivity contribution in [2.24, 2.45) is 7.05 Å². The minimum absolute atomic E-state index is 0.879. The van der Waals surface area contributed by atoms with Gasteiger partial charge in [0.25, 0.3) is 5.52 Å². The zero-order chi connectivity index (χ0) is 14.8. The van der Waals surface area contributed by atoms with Crippen LogP contribution in [0.25, 0.3) is 23.1 Å². The summed E-state index contributed by atoms with van der Waals surface area (Å²) in [5.41, 5.74) is 3.45. The lowest BCUT2D eigenvalue weighted by Gasteiger charge is -2.11. The predicted octanol–water partition coefficient (Wildman–Crippen LogP) is 3.49. The number of nitrogens with zero attached hydrogens (tertiary/aromatic N) is 2. The third kappa shape index (κ3) is 2.68. The number of aryl methyl sites for hydroxylation is 1. The van der Waals surface area contributed by atoms with Gasteiger partial charge in [0.15, 0.2) is 7.05 Å². The fourth-order valence-electron chi connectivity index (χ4n) is 2.38. The number of hydrogen-bond acceptors (Lipinski definition) is 2. The lowest BCUT2D eigenvalue weighted by Crippen LogP contribution is -2.24. The van der Waals surface area contributed by atoms with Crippen LogP contribution in [0.15, 0.2) is 53.1 Å².